The van der Waals surface area contributed by atoms with Crippen LogP contribution in [-0.4, -0.2) is 38.2 Å². The summed E-state index contributed by atoms with van der Waals surface area (Å²) in [5.74, 6) is -0.424. The highest BCUT2D eigenvalue weighted by Crippen LogP contribution is 2.38. The van der Waals surface area contributed by atoms with Gasteiger partial charge in [-0.1, -0.05) is 87.5 Å². The lowest BCUT2D eigenvalue weighted by atomic mass is 10.1. The third kappa shape index (κ3) is 5.44. The molecule has 0 radical (unpaired) electrons. The van der Waals surface area contributed by atoms with Crippen LogP contribution in [0.25, 0.3) is 0 Å². The molecule has 2 rings (SSSR count). The summed E-state index contributed by atoms with van der Waals surface area (Å²) < 4.78 is 12.0. The number of hydrogen-bond donors (Lipinski definition) is 1. The number of carbonyl (C=O) groups excluding carboxylic acids is 1. The highest BCUT2D eigenvalue weighted by atomic mass is 28.4. The molecule has 0 fully saturated rings. The van der Waals surface area contributed by atoms with Gasteiger partial charge >= 0.3 is 5.97 Å². The minimum atomic E-state index is -2.82. The molecule has 5 heteroatoms. The molecule has 0 unspecified atom stereocenters. The minimum absolute atomic E-state index is 0.105. The Morgan fingerprint density at radius 2 is 1.55 bits per heavy atom. The smallest absolute Gasteiger partial charge is 0.302 e. The van der Waals surface area contributed by atoms with E-state index in [-0.39, 0.29) is 11.6 Å². The molecule has 1 N–H and O–H groups in total. The molecule has 4 nitrogen and oxygen atoms in total. The van der Waals surface area contributed by atoms with Crippen molar-refractivity contribution >= 4 is 24.7 Å². The fraction of sp³-hybridized carbons (Fsp3) is 0.375. The summed E-state index contributed by atoms with van der Waals surface area (Å²) in [5.41, 5.74) is 0. The lowest BCUT2D eigenvalue weighted by molar-refractivity contribution is -0.145. The highest BCUT2D eigenvalue weighted by molar-refractivity contribution is 6.99. The molecule has 0 aliphatic rings. The first-order valence-corrected chi connectivity index (χ1v) is 11.8. The van der Waals surface area contributed by atoms with Crippen molar-refractivity contribution in [1.29, 1.82) is 0 Å². The Bertz CT molecular complexity index is 744. The number of aliphatic hydroxyl groups is 1. The van der Waals surface area contributed by atoms with Crippen LogP contribution < -0.4 is 10.4 Å². The second-order valence-corrected chi connectivity index (χ2v) is 12.5. The van der Waals surface area contributed by atoms with Gasteiger partial charge in [0.2, 0.25) is 0 Å². The normalized spacial score (nSPS) is 14.1. The number of ether oxygens (including phenoxy) is 1. The summed E-state index contributed by atoms with van der Waals surface area (Å²) in [7, 11) is -2.82. The molecule has 29 heavy (non-hydrogen) atoms. The van der Waals surface area contributed by atoms with Crippen LogP contribution in [0.15, 0.2) is 73.3 Å². The van der Waals surface area contributed by atoms with Crippen LogP contribution in [0.5, 0.6) is 0 Å². The lowest BCUT2D eigenvalue weighted by Gasteiger charge is -2.45. The van der Waals surface area contributed by atoms with Crippen molar-refractivity contribution in [2.24, 2.45) is 0 Å². The topological polar surface area (TPSA) is 55.8 Å². The minimum Gasteiger partial charge on any atom is -0.463 e. The highest BCUT2D eigenvalue weighted by Gasteiger charge is 2.52. The molecule has 2 atom stereocenters. The van der Waals surface area contributed by atoms with Crippen LogP contribution >= 0.6 is 0 Å². The summed E-state index contributed by atoms with van der Waals surface area (Å²) in [6.07, 6.45) is 0.698. The Balaban J connectivity index is 2.59. The number of benzene rings is 2. The Morgan fingerprint density at radius 1 is 1.07 bits per heavy atom. The molecule has 2 aromatic rings. The summed E-state index contributed by atoms with van der Waals surface area (Å²) >= 11 is 0. The Hall–Kier alpha value is -2.21. The largest absolute Gasteiger partial charge is 0.463 e. The SMILES string of the molecule is C=CC[C@H](O[Si](c1ccccc1)(c1ccccc1)C(C)(C)C)[C@H](O)COC(C)=O. The zero-order chi connectivity index (χ0) is 21.5. The molecular weight excluding hydrogens is 380 g/mol. The van der Waals surface area contributed by atoms with Gasteiger partial charge in [-0.25, -0.2) is 0 Å². The molecule has 2 aromatic carbocycles. The van der Waals surface area contributed by atoms with E-state index in [4.69, 9.17) is 9.16 Å². The van der Waals surface area contributed by atoms with Gasteiger partial charge in [-0.3, -0.25) is 4.79 Å². The van der Waals surface area contributed by atoms with E-state index in [1.165, 1.54) is 6.92 Å². The quantitative estimate of drug-likeness (QED) is 0.389. The van der Waals surface area contributed by atoms with E-state index in [9.17, 15) is 9.90 Å². The summed E-state index contributed by atoms with van der Waals surface area (Å²) in [6, 6.07) is 20.5. The van der Waals surface area contributed by atoms with Crippen LogP contribution in [0.1, 0.15) is 34.1 Å². The Kier molecular flexibility index (Phi) is 7.96. The zero-order valence-electron chi connectivity index (χ0n) is 17.8. The number of hydrogen-bond acceptors (Lipinski definition) is 4. The van der Waals surface area contributed by atoms with E-state index in [2.05, 4.69) is 51.6 Å². The number of esters is 1. The molecule has 0 bridgehead atoms. The van der Waals surface area contributed by atoms with Gasteiger partial charge in [0.15, 0.2) is 0 Å². The Morgan fingerprint density at radius 3 is 1.93 bits per heavy atom. The number of aliphatic hydroxyl groups excluding tert-OH is 1. The molecule has 0 saturated heterocycles. The van der Waals surface area contributed by atoms with Crippen molar-refractivity contribution < 1.29 is 19.1 Å². The first kappa shape index (κ1) is 23.1. The van der Waals surface area contributed by atoms with Gasteiger partial charge < -0.3 is 14.3 Å². The van der Waals surface area contributed by atoms with Crippen molar-refractivity contribution in [3.05, 3.63) is 73.3 Å². The van der Waals surface area contributed by atoms with Gasteiger partial charge in [0, 0.05) is 6.92 Å². The van der Waals surface area contributed by atoms with Crippen LogP contribution in [0.2, 0.25) is 5.04 Å². The fourth-order valence-electron chi connectivity index (χ4n) is 3.68. The second kappa shape index (κ2) is 10.0. The zero-order valence-corrected chi connectivity index (χ0v) is 18.8. The third-order valence-electron chi connectivity index (χ3n) is 5.03. The Labute approximate surface area is 175 Å². The van der Waals surface area contributed by atoms with E-state index < -0.39 is 26.5 Å². The maximum Gasteiger partial charge on any atom is 0.302 e. The lowest BCUT2D eigenvalue weighted by Crippen LogP contribution is -2.68. The van der Waals surface area contributed by atoms with Crippen LogP contribution in [0, 0.1) is 0 Å². The van der Waals surface area contributed by atoms with Crippen molar-refractivity contribution in [1.82, 2.24) is 0 Å². The van der Waals surface area contributed by atoms with Crippen molar-refractivity contribution in [2.75, 3.05) is 6.61 Å². The molecule has 0 saturated carbocycles. The molecule has 156 valence electrons. The average molecular weight is 413 g/mol. The van der Waals surface area contributed by atoms with Gasteiger partial charge in [0.1, 0.15) is 12.7 Å². The standard InChI is InChI=1S/C24H32O4Si/c1-6-13-23(22(26)18-27-19(2)25)28-29(24(3,4)5,20-14-9-7-10-15-20)21-16-11-8-12-17-21/h6-12,14-17,22-23,26H,1,13,18H2,2-5H3/t22-,23+/m1/s1. The van der Waals surface area contributed by atoms with Gasteiger partial charge in [0.05, 0.1) is 6.10 Å². The van der Waals surface area contributed by atoms with Crippen LogP contribution in [0.3, 0.4) is 0 Å². The predicted molar refractivity (Wildman–Crippen MR) is 120 cm³/mol. The second-order valence-electron chi connectivity index (χ2n) is 8.21. The van der Waals surface area contributed by atoms with E-state index >= 15 is 0 Å². The molecule has 0 spiro atoms. The van der Waals surface area contributed by atoms with Crippen LogP contribution in [-0.2, 0) is 14.0 Å². The first-order chi connectivity index (χ1) is 13.7. The molecular formula is C24H32O4Si. The third-order valence-corrected chi connectivity index (χ3v) is 10.1. The predicted octanol–water partition coefficient (Wildman–Crippen LogP) is 3.43. The maximum absolute atomic E-state index is 11.2. The maximum atomic E-state index is 11.2. The van der Waals surface area contributed by atoms with E-state index in [1.54, 1.807) is 6.08 Å². The molecule has 0 amide bonds. The van der Waals surface area contributed by atoms with Crippen molar-refractivity contribution in [2.45, 2.75) is 51.4 Å². The summed E-state index contributed by atoms with van der Waals surface area (Å²) in [4.78, 5) is 11.2. The monoisotopic (exact) mass is 412 g/mol. The van der Waals surface area contributed by atoms with E-state index in [0.717, 1.165) is 10.4 Å². The molecule has 0 aromatic heterocycles. The van der Waals surface area contributed by atoms with Gasteiger partial charge in [-0.05, 0) is 21.8 Å². The van der Waals surface area contributed by atoms with Gasteiger partial charge in [-0.2, -0.15) is 0 Å². The number of rotatable bonds is 9. The van der Waals surface area contributed by atoms with E-state index in [0.29, 0.717) is 6.42 Å². The number of carbonyl (C=O) groups is 1. The average Bonchev–Trinajstić information content (AvgIpc) is 2.69. The fourth-order valence-corrected chi connectivity index (χ4v) is 8.40. The van der Waals surface area contributed by atoms with E-state index in [1.807, 2.05) is 36.4 Å². The van der Waals surface area contributed by atoms with Crippen LogP contribution in [0.4, 0.5) is 0 Å². The van der Waals surface area contributed by atoms with Crippen molar-refractivity contribution in [3.8, 4) is 0 Å². The summed E-state index contributed by atoms with van der Waals surface area (Å²) in [5, 5.41) is 12.8. The molecule has 0 aliphatic heterocycles. The molecule has 0 aliphatic carbocycles. The van der Waals surface area contributed by atoms with Gasteiger partial charge in [-0.15, -0.1) is 6.58 Å². The van der Waals surface area contributed by atoms with Gasteiger partial charge in [0.25, 0.3) is 8.32 Å². The summed E-state index contributed by atoms with van der Waals surface area (Å²) in [6.45, 7) is 11.6. The van der Waals surface area contributed by atoms with Crippen molar-refractivity contribution in [3.63, 3.8) is 0 Å². The first-order valence-electron chi connectivity index (χ1n) is 9.93. The molecule has 0 heterocycles.